The van der Waals surface area contributed by atoms with Crippen LogP contribution in [-0.2, 0) is 29.4 Å². The molecule has 0 bridgehead atoms. The van der Waals surface area contributed by atoms with E-state index in [1.807, 2.05) is 6.92 Å². The fourth-order valence-corrected chi connectivity index (χ4v) is 4.07. The van der Waals surface area contributed by atoms with Crippen molar-refractivity contribution in [2.75, 3.05) is 0 Å². The number of rotatable bonds is 13. The Morgan fingerprint density at radius 3 is 1.48 bits per heavy atom. The molecule has 2 aromatic rings. The van der Waals surface area contributed by atoms with Gasteiger partial charge >= 0.3 is 11.9 Å². The van der Waals surface area contributed by atoms with Crippen LogP contribution in [-0.4, -0.2) is 62.0 Å². The second-order valence-electron chi connectivity index (χ2n) is 10.9. The molecule has 0 aliphatic heterocycles. The predicted molar refractivity (Wildman–Crippen MR) is 145 cm³/mol. The average molecular weight is 557 g/mol. The first-order valence-corrected chi connectivity index (χ1v) is 12.7. The molecule has 11 nitrogen and oxygen atoms in total. The van der Waals surface area contributed by atoms with Gasteiger partial charge in [-0.1, -0.05) is 52.0 Å². The Hall–Kier alpha value is -4.41. The van der Waals surface area contributed by atoms with E-state index in [-0.39, 0.29) is 24.3 Å². The molecule has 0 spiro atoms. The second-order valence-corrected chi connectivity index (χ2v) is 10.9. The molecule has 0 aromatic heterocycles. The zero-order valence-electron chi connectivity index (χ0n) is 22.9. The van der Waals surface area contributed by atoms with E-state index < -0.39 is 65.3 Å². The molecule has 2 amide bonds. The zero-order valence-corrected chi connectivity index (χ0v) is 22.9. The van der Waals surface area contributed by atoms with E-state index in [0.717, 1.165) is 11.1 Å². The van der Waals surface area contributed by atoms with Gasteiger partial charge in [0.15, 0.2) is 0 Å². The highest BCUT2D eigenvalue weighted by atomic mass is 16.4. The number of aliphatic carboxylic acids is 2. The van der Waals surface area contributed by atoms with Gasteiger partial charge in [-0.3, -0.25) is 14.4 Å². The summed E-state index contributed by atoms with van der Waals surface area (Å²) in [4.78, 5) is 60.9. The third-order valence-electron chi connectivity index (χ3n) is 6.74. The number of benzene rings is 2. The van der Waals surface area contributed by atoms with Crippen molar-refractivity contribution in [2.45, 2.75) is 70.9 Å². The Morgan fingerprint density at radius 2 is 1.07 bits per heavy atom. The van der Waals surface area contributed by atoms with Gasteiger partial charge in [-0.05, 0) is 41.8 Å². The normalized spacial score (nSPS) is 13.1. The number of Topliss-reactive ketones (excluding diaryl/α,β-unsaturated/α-hetero) is 1. The van der Waals surface area contributed by atoms with Crippen LogP contribution in [0.5, 0.6) is 11.5 Å². The summed E-state index contributed by atoms with van der Waals surface area (Å²) in [6.07, 6.45) is -1.13. The maximum Gasteiger partial charge on any atom is 0.326 e. The van der Waals surface area contributed by atoms with Gasteiger partial charge in [-0.2, -0.15) is 0 Å². The number of carbonyl (C=O) groups excluding carboxylic acids is 3. The van der Waals surface area contributed by atoms with Crippen LogP contribution < -0.4 is 10.6 Å². The number of phenols is 2. The Bertz CT molecular complexity index is 1190. The summed E-state index contributed by atoms with van der Waals surface area (Å²) >= 11 is 0. The van der Waals surface area contributed by atoms with Crippen LogP contribution in [0.3, 0.4) is 0 Å². The molecule has 0 radical (unpaired) electrons. The molecule has 0 saturated heterocycles. The molecule has 11 heteroatoms. The van der Waals surface area contributed by atoms with E-state index in [1.54, 1.807) is 45.0 Å². The van der Waals surface area contributed by atoms with E-state index in [1.165, 1.54) is 24.3 Å². The number of aromatic hydroxyl groups is 2. The third-order valence-corrected chi connectivity index (χ3v) is 6.74. The molecular weight excluding hydrogens is 520 g/mol. The fourth-order valence-electron chi connectivity index (χ4n) is 4.07. The highest BCUT2D eigenvalue weighted by molar-refractivity contribution is 5.93. The summed E-state index contributed by atoms with van der Waals surface area (Å²) in [5.74, 6) is -4.80. The summed E-state index contributed by atoms with van der Waals surface area (Å²) in [5, 5.41) is 42.9. The maximum absolute atomic E-state index is 12.8. The molecule has 0 saturated carbocycles. The van der Waals surface area contributed by atoms with Crippen LogP contribution in [0.15, 0.2) is 48.5 Å². The zero-order chi connectivity index (χ0) is 30.3. The van der Waals surface area contributed by atoms with Crippen LogP contribution in [0, 0.1) is 5.41 Å². The first-order valence-electron chi connectivity index (χ1n) is 12.7. The number of ketones is 1. The first kappa shape index (κ1) is 31.8. The summed E-state index contributed by atoms with van der Waals surface area (Å²) < 4.78 is 0. The molecule has 0 aliphatic rings. The van der Waals surface area contributed by atoms with E-state index in [9.17, 15) is 44.4 Å². The molecule has 2 atom stereocenters. The molecule has 0 heterocycles. The van der Waals surface area contributed by atoms with Gasteiger partial charge in [0, 0.05) is 23.7 Å². The quantitative estimate of drug-likeness (QED) is 0.215. The smallest absolute Gasteiger partial charge is 0.326 e. The Balaban J connectivity index is 2.12. The van der Waals surface area contributed by atoms with E-state index in [2.05, 4.69) is 10.6 Å². The summed E-state index contributed by atoms with van der Waals surface area (Å²) in [6.45, 7) is 6.70. The molecule has 0 aliphatic carbocycles. The van der Waals surface area contributed by atoms with Crippen LogP contribution >= 0.6 is 0 Å². The number of nitrogens with one attached hydrogen (secondary N) is 2. The lowest BCUT2D eigenvalue weighted by molar-refractivity contribution is -0.145. The maximum atomic E-state index is 12.8. The SMILES string of the molecule is CC(C)(C)C(=O)CC(NC(=O)CC(NC(=O)CCC(C)(c1ccc(O)cc1)c1ccc(O)cc1)C(=O)O)C(=O)O. The van der Waals surface area contributed by atoms with Crippen LogP contribution in [0.1, 0.15) is 64.5 Å². The second kappa shape index (κ2) is 13.1. The van der Waals surface area contributed by atoms with Crippen LogP contribution in [0.2, 0.25) is 0 Å². The van der Waals surface area contributed by atoms with Gasteiger partial charge in [0.05, 0.1) is 6.42 Å². The first-order chi connectivity index (χ1) is 18.5. The monoisotopic (exact) mass is 556 g/mol. The van der Waals surface area contributed by atoms with Crippen molar-refractivity contribution >= 4 is 29.5 Å². The number of carboxylic acids is 2. The van der Waals surface area contributed by atoms with Gasteiger partial charge in [-0.25, -0.2) is 9.59 Å². The lowest BCUT2D eigenvalue weighted by Crippen LogP contribution is -2.48. The Morgan fingerprint density at radius 1 is 0.675 bits per heavy atom. The molecule has 2 rings (SSSR count). The van der Waals surface area contributed by atoms with Crippen molar-refractivity contribution in [1.29, 1.82) is 0 Å². The minimum Gasteiger partial charge on any atom is -0.508 e. The number of phenolic OH excluding ortho intramolecular Hbond substituents is 2. The minimum absolute atomic E-state index is 0.0602. The van der Waals surface area contributed by atoms with Gasteiger partial charge in [-0.15, -0.1) is 0 Å². The van der Waals surface area contributed by atoms with Crippen molar-refractivity contribution in [2.24, 2.45) is 5.41 Å². The fraction of sp³-hybridized carbons (Fsp3) is 0.414. The number of hydrogen-bond acceptors (Lipinski definition) is 7. The largest absolute Gasteiger partial charge is 0.508 e. The highest BCUT2D eigenvalue weighted by Crippen LogP contribution is 2.37. The topological polar surface area (TPSA) is 190 Å². The molecule has 6 N–H and O–H groups in total. The van der Waals surface area contributed by atoms with Gasteiger partial charge in [0.1, 0.15) is 29.4 Å². The van der Waals surface area contributed by atoms with Gasteiger partial charge in [0.2, 0.25) is 11.8 Å². The van der Waals surface area contributed by atoms with Crippen molar-refractivity contribution in [3.63, 3.8) is 0 Å². The summed E-state index contributed by atoms with van der Waals surface area (Å²) in [6, 6.07) is 9.66. The summed E-state index contributed by atoms with van der Waals surface area (Å²) in [5.41, 5.74) is -0.0570. The molecular formula is C29H36N2O9. The minimum atomic E-state index is -1.63. The van der Waals surface area contributed by atoms with Crippen molar-refractivity contribution in [3.05, 3.63) is 59.7 Å². The van der Waals surface area contributed by atoms with E-state index in [0.29, 0.717) is 0 Å². The summed E-state index contributed by atoms with van der Waals surface area (Å²) in [7, 11) is 0. The Labute approximate surface area is 232 Å². The van der Waals surface area contributed by atoms with Crippen molar-refractivity contribution in [1.82, 2.24) is 10.6 Å². The van der Waals surface area contributed by atoms with Gasteiger partial charge < -0.3 is 31.1 Å². The van der Waals surface area contributed by atoms with E-state index in [4.69, 9.17) is 0 Å². The molecule has 0 fully saturated rings. The van der Waals surface area contributed by atoms with E-state index >= 15 is 0 Å². The lowest BCUT2D eigenvalue weighted by atomic mass is 9.73. The molecule has 2 aromatic carbocycles. The number of carboxylic acid groups (broad SMARTS) is 2. The van der Waals surface area contributed by atoms with Crippen molar-refractivity contribution < 1.29 is 44.4 Å². The van der Waals surface area contributed by atoms with Crippen LogP contribution in [0.25, 0.3) is 0 Å². The Kier molecular flexibility index (Phi) is 10.4. The predicted octanol–water partition coefficient (Wildman–Crippen LogP) is 2.72. The number of amides is 2. The molecule has 40 heavy (non-hydrogen) atoms. The lowest BCUT2D eigenvalue weighted by Gasteiger charge is -2.31. The third kappa shape index (κ3) is 8.82. The average Bonchev–Trinajstić information content (AvgIpc) is 2.86. The van der Waals surface area contributed by atoms with Crippen LogP contribution in [0.4, 0.5) is 0 Å². The number of hydrogen-bond donors (Lipinski definition) is 6. The molecule has 2 unspecified atom stereocenters. The molecule has 216 valence electrons. The van der Waals surface area contributed by atoms with Gasteiger partial charge in [0.25, 0.3) is 0 Å². The highest BCUT2D eigenvalue weighted by Gasteiger charge is 2.33. The van der Waals surface area contributed by atoms with Crippen molar-refractivity contribution in [3.8, 4) is 11.5 Å². The number of carbonyl (C=O) groups is 5. The standard InChI is InChI=1S/C29H36N2O9/c1-28(2,3)23(34)15-21(26(37)38)31-25(36)16-22(27(39)40)30-24(35)13-14-29(4,17-5-9-19(32)10-6-17)18-7-11-20(33)12-8-18/h5-12,21-22,32-33H,13-16H2,1-4H3,(H,30,35)(H,31,36)(H,37,38)(H,39,40).